The normalized spacial score (nSPS) is 14.2. The molecule has 1 aliphatic carbocycles. The predicted molar refractivity (Wildman–Crippen MR) is 153 cm³/mol. The highest BCUT2D eigenvalue weighted by molar-refractivity contribution is 5.93. The first-order chi connectivity index (χ1) is 20.0. The molecule has 11 heteroatoms. The first-order valence-electron chi connectivity index (χ1n) is 13.1. The van der Waals surface area contributed by atoms with Gasteiger partial charge in [0.25, 0.3) is 0 Å². The van der Waals surface area contributed by atoms with Crippen molar-refractivity contribution in [2.75, 3.05) is 13.1 Å². The number of fused-ring (bicyclic) bond motifs is 1. The standard InChI is InChI=1S/C31H31NO10/c1-2-32-15-22(19-5-9-24(34)26(36)13-19)30(31(40)41)42-28(38)10-6-18-14-27(37)29(39)20-7-3-16(11-21(18)20)17-4-8-23(33)25(35)12-17/h4-6,8-14,22,30,32-37,39H,2-3,7,15H2,1H3,(H,40,41)/b10-6+/t22-,30+/m0/s1. The highest BCUT2D eigenvalue weighted by Gasteiger charge is 2.33. The van der Waals surface area contributed by atoms with Gasteiger partial charge < -0.3 is 45.8 Å². The van der Waals surface area contributed by atoms with Crippen molar-refractivity contribution in [3.05, 3.63) is 76.4 Å². The molecule has 0 aliphatic heterocycles. The highest BCUT2D eigenvalue weighted by Crippen LogP contribution is 2.42. The van der Waals surface area contributed by atoms with Crippen molar-refractivity contribution < 1.29 is 50.1 Å². The van der Waals surface area contributed by atoms with Gasteiger partial charge >= 0.3 is 11.9 Å². The Labute approximate surface area is 240 Å². The summed E-state index contributed by atoms with van der Waals surface area (Å²) in [4.78, 5) is 25.1. The van der Waals surface area contributed by atoms with E-state index in [1.54, 1.807) is 12.1 Å². The van der Waals surface area contributed by atoms with E-state index in [-0.39, 0.29) is 29.5 Å². The lowest BCUT2D eigenvalue weighted by Gasteiger charge is -2.24. The first kappa shape index (κ1) is 29.8. The summed E-state index contributed by atoms with van der Waals surface area (Å²) >= 11 is 0. The van der Waals surface area contributed by atoms with Gasteiger partial charge in [-0.15, -0.1) is 0 Å². The average Bonchev–Trinajstić information content (AvgIpc) is 2.96. The fraction of sp³-hybridized carbons (Fsp3) is 0.226. The number of aliphatic carboxylic acids is 1. The van der Waals surface area contributed by atoms with E-state index in [1.807, 2.05) is 6.92 Å². The second-order valence-corrected chi connectivity index (χ2v) is 9.79. The van der Waals surface area contributed by atoms with E-state index in [0.29, 0.717) is 47.2 Å². The Morgan fingerprint density at radius 2 is 1.60 bits per heavy atom. The van der Waals surface area contributed by atoms with Gasteiger partial charge in [-0.05, 0) is 83.6 Å². The van der Waals surface area contributed by atoms with Crippen molar-refractivity contribution in [2.45, 2.75) is 31.8 Å². The third-order valence-corrected chi connectivity index (χ3v) is 7.06. The zero-order chi connectivity index (χ0) is 30.6. The molecule has 0 bridgehead atoms. The maximum absolute atomic E-state index is 12.9. The molecule has 0 saturated heterocycles. The molecule has 11 nitrogen and oxygen atoms in total. The number of nitrogens with one attached hydrogen (secondary N) is 1. The number of carboxylic acid groups (broad SMARTS) is 1. The molecule has 1 aliphatic rings. The Bertz CT molecular complexity index is 1580. The summed E-state index contributed by atoms with van der Waals surface area (Å²) < 4.78 is 5.34. The number of carbonyl (C=O) groups excluding carboxylic acids is 1. The van der Waals surface area contributed by atoms with Gasteiger partial charge in [0.1, 0.15) is 0 Å². The molecule has 3 aromatic rings. The van der Waals surface area contributed by atoms with Gasteiger partial charge in [-0.2, -0.15) is 0 Å². The maximum Gasteiger partial charge on any atom is 0.345 e. The molecule has 3 aromatic carbocycles. The van der Waals surface area contributed by atoms with E-state index in [0.717, 1.165) is 11.6 Å². The molecule has 0 unspecified atom stereocenters. The van der Waals surface area contributed by atoms with Crippen molar-refractivity contribution >= 4 is 29.7 Å². The van der Waals surface area contributed by atoms with E-state index < -0.39 is 35.5 Å². The molecule has 4 rings (SSSR count). The summed E-state index contributed by atoms with van der Waals surface area (Å²) in [6.07, 6.45) is 3.22. The predicted octanol–water partition coefficient (Wildman–Crippen LogP) is 3.81. The van der Waals surface area contributed by atoms with Crippen LogP contribution in [0.5, 0.6) is 34.5 Å². The zero-order valence-corrected chi connectivity index (χ0v) is 22.6. The van der Waals surface area contributed by atoms with Gasteiger partial charge in [0, 0.05) is 24.1 Å². The molecule has 0 radical (unpaired) electrons. The molecule has 0 heterocycles. The second-order valence-electron chi connectivity index (χ2n) is 9.79. The number of carbonyl (C=O) groups is 2. The molecule has 0 spiro atoms. The summed E-state index contributed by atoms with van der Waals surface area (Å²) in [6.45, 7) is 2.40. The van der Waals surface area contributed by atoms with E-state index in [2.05, 4.69) is 5.32 Å². The van der Waals surface area contributed by atoms with Gasteiger partial charge in [0.2, 0.25) is 6.10 Å². The smallest absolute Gasteiger partial charge is 0.345 e. The second kappa shape index (κ2) is 12.6. The maximum atomic E-state index is 12.9. The van der Waals surface area contributed by atoms with Crippen LogP contribution in [0, 0.1) is 0 Å². The van der Waals surface area contributed by atoms with Crippen LogP contribution in [-0.2, 0) is 20.7 Å². The van der Waals surface area contributed by atoms with E-state index in [9.17, 15) is 45.3 Å². The molecular formula is C31H31NO10. The number of allylic oxidation sites excluding steroid dienone is 1. The van der Waals surface area contributed by atoms with E-state index in [4.69, 9.17) is 4.74 Å². The third-order valence-electron chi connectivity index (χ3n) is 7.06. The van der Waals surface area contributed by atoms with Crippen LogP contribution in [0.3, 0.4) is 0 Å². The minimum atomic E-state index is -1.65. The number of hydrogen-bond donors (Lipinski definition) is 8. The Kier molecular flexibility index (Phi) is 8.92. The minimum Gasteiger partial charge on any atom is -0.504 e. The Morgan fingerprint density at radius 3 is 2.24 bits per heavy atom. The molecule has 0 saturated carbocycles. The van der Waals surface area contributed by atoms with Crippen molar-refractivity contribution in [2.24, 2.45) is 0 Å². The fourth-order valence-electron chi connectivity index (χ4n) is 4.87. The van der Waals surface area contributed by atoms with Crippen LogP contribution < -0.4 is 5.32 Å². The summed E-state index contributed by atoms with van der Waals surface area (Å²) in [6, 6.07) is 9.50. The van der Waals surface area contributed by atoms with Gasteiger partial charge in [0.05, 0.1) is 0 Å². The summed E-state index contributed by atoms with van der Waals surface area (Å²) in [5.74, 6) is -5.42. The monoisotopic (exact) mass is 577 g/mol. The number of aromatic hydroxyl groups is 6. The van der Waals surface area contributed by atoms with Crippen LogP contribution in [0.1, 0.15) is 47.1 Å². The first-order valence-corrected chi connectivity index (χ1v) is 13.1. The van der Waals surface area contributed by atoms with Crippen molar-refractivity contribution in [1.82, 2.24) is 5.32 Å². The highest BCUT2D eigenvalue weighted by atomic mass is 16.6. The van der Waals surface area contributed by atoms with Crippen LogP contribution in [0.4, 0.5) is 0 Å². The summed E-state index contributed by atoms with van der Waals surface area (Å²) in [5.41, 5.74) is 3.02. The minimum absolute atomic E-state index is 0.0917. The number of ether oxygens (including phenoxy) is 1. The van der Waals surface area contributed by atoms with Gasteiger partial charge in [-0.3, -0.25) is 0 Å². The number of esters is 1. The molecule has 0 fully saturated rings. The lowest BCUT2D eigenvalue weighted by molar-refractivity contribution is -0.162. The number of rotatable bonds is 10. The van der Waals surface area contributed by atoms with Crippen LogP contribution >= 0.6 is 0 Å². The third kappa shape index (κ3) is 6.42. The van der Waals surface area contributed by atoms with Gasteiger partial charge in [-0.1, -0.05) is 25.1 Å². The summed E-state index contributed by atoms with van der Waals surface area (Å²) in [5, 5.41) is 72.9. The Balaban J connectivity index is 1.64. The van der Waals surface area contributed by atoms with Gasteiger partial charge in [-0.25, -0.2) is 9.59 Å². The Hall–Kier alpha value is -5.16. The molecule has 42 heavy (non-hydrogen) atoms. The van der Waals surface area contributed by atoms with Crippen LogP contribution in [0.25, 0.3) is 17.7 Å². The number of hydrogen-bond acceptors (Lipinski definition) is 10. The fourth-order valence-corrected chi connectivity index (χ4v) is 4.87. The topological polar surface area (TPSA) is 197 Å². The number of likely N-dealkylation sites (N-methyl/N-ethyl adjacent to an activating group) is 1. The molecule has 0 amide bonds. The van der Waals surface area contributed by atoms with Crippen molar-refractivity contribution in [3.63, 3.8) is 0 Å². The van der Waals surface area contributed by atoms with Crippen LogP contribution in [0.2, 0.25) is 0 Å². The lowest BCUT2D eigenvalue weighted by atomic mass is 9.85. The number of carboxylic acids is 1. The lowest BCUT2D eigenvalue weighted by Crippen LogP contribution is -2.38. The van der Waals surface area contributed by atoms with Crippen molar-refractivity contribution in [1.29, 1.82) is 0 Å². The Morgan fingerprint density at radius 1 is 0.905 bits per heavy atom. The SMILES string of the molecule is CCNC[C@@H](c1ccc(O)c(O)c1)[C@@H](OC(=O)/C=C/c1cc(O)c(O)c2c1C=C(c1ccc(O)c(O)c1)CC2)C(=O)O. The van der Waals surface area contributed by atoms with Crippen LogP contribution in [-0.4, -0.2) is 66.9 Å². The molecule has 220 valence electrons. The molecule has 2 atom stereocenters. The largest absolute Gasteiger partial charge is 0.504 e. The van der Waals surface area contributed by atoms with E-state index >= 15 is 0 Å². The van der Waals surface area contributed by atoms with Crippen LogP contribution in [0.15, 0.2) is 48.5 Å². The van der Waals surface area contributed by atoms with Crippen molar-refractivity contribution in [3.8, 4) is 34.5 Å². The van der Waals surface area contributed by atoms with E-state index in [1.165, 1.54) is 42.5 Å². The molecule has 8 N–H and O–H groups in total. The quantitative estimate of drug-likeness (QED) is 0.0991. The van der Waals surface area contributed by atoms with Gasteiger partial charge in [0.15, 0.2) is 34.5 Å². The number of phenolic OH excluding ortho intramolecular Hbond substituents is 6. The molecule has 0 aromatic heterocycles. The molecular weight excluding hydrogens is 546 g/mol. The number of benzene rings is 3. The summed E-state index contributed by atoms with van der Waals surface area (Å²) in [7, 11) is 0. The zero-order valence-electron chi connectivity index (χ0n) is 22.6. The average molecular weight is 578 g/mol. The number of phenols is 6.